The van der Waals surface area contributed by atoms with E-state index in [1.807, 2.05) is 13.0 Å². The Morgan fingerprint density at radius 3 is 2.59 bits per heavy atom. The minimum atomic E-state index is -0.351. The van der Waals surface area contributed by atoms with Gasteiger partial charge in [-0.3, -0.25) is 4.79 Å². The van der Waals surface area contributed by atoms with Gasteiger partial charge in [-0.2, -0.15) is 0 Å². The molecule has 0 aliphatic carbocycles. The van der Waals surface area contributed by atoms with Crippen LogP contribution in [0.2, 0.25) is 0 Å². The number of ether oxygens (including phenoxy) is 2. The molecule has 0 atom stereocenters. The molecule has 0 bridgehead atoms. The number of amidine groups is 1. The lowest BCUT2D eigenvalue weighted by Gasteiger charge is -2.15. The van der Waals surface area contributed by atoms with Crippen LogP contribution in [0.25, 0.3) is 6.08 Å². The average Bonchev–Trinajstić information content (AvgIpc) is 3.13. The third-order valence-corrected chi connectivity index (χ3v) is 6.32. The van der Waals surface area contributed by atoms with Gasteiger partial charge in [0.1, 0.15) is 18.2 Å². The lowest BCUT2D eigenvalue weighted by molar-refractivity contribution is -0.115. The zero-order chi connectivity index (χ0) is 24.1. The first-order valence-corrected chi connectivity index (χ1v) is 12.2. The van der Waals surface area contributed by atoms with Gasteiger partial charge in [0, 0.05) is 0 Å². The molecule has 174 valence electrons. The predicted molar refractivity (Wildman–Crippen MR) is 138 cm³/mol. The maximum atomic E-state index is 13.5. The van der Waals surface area contributed by atoms with Crippen molar-refractivity contribution >= 4 is 57.2 Å². The minimum absolute atomic E-state index is 0.190. The zero-order valence-corrected chi connectivity index (χ0v) is 21.0. The van der Waals surface area contributed by atoms with Gasteiger partial charge < -0.3 is 14.8 Å². The van der Waals surface area contributed by atoms with Gasteiger partial charge in [-0.25, -0.2) is 13.8 Å². The van der Waals surface area contributed by atoms with Gasteiger partial charge in [0.05, 0.1) is 20.8 Å². The van der Waals surface area contributed by atoms with Crippen LogP contribution in [-0.2, 0) is 11.4 Å². The number of thioether (sulfide) groups is 1. The van der Waals surface area contributed by atoms with Crippen LogP contribution in [0, 0.1) is 15.2 Å². The van der Waals surface area contributed by atoms with Crippen molar-refractivity contribution in [3.8, 4) is 11.5 Å². The number of hydrogen-bond donors (Lipinski definition) is 1. The van der Waals surface area contributed by atoms with E-state index in [1.54, 1.807) is 24.3 Å². The second-order valence-electron chi connectivity index (χ2n) is 7.14. The van der Waals surface area contributed by atoms with E-state index in [1.165, 1.54) is 48.2 Å². The molecule has 5 nitrogen and oxygen atoms in total. The van der Waals surface area contributed by atoms with Crippen molar-refractivity contribution in [3.63, 3.8) is 0 Å². The molecule has 3 aromatic rings. The largest absolute Gasteiger partial charge is 0.490 e. The molecule has 34 heavy (non-hydrogen) atoms. The highest BCUT2D eigenvalue weighted by Crippen LogP contribution is 2.37. The van der Waals surface area contributed by atoms with Crippen molar-refractivity contribution in [1.29, 1.82) is 0 Å². The Balaban J connectivity index is 1.55. The van der Waals surface area contributed by atoms with E-state index >= 15 is 0 Å². The Hall–Kier alpha value is -2.92. The monoisotopic (exact) mass is 592 g/mol. The van der Waals surface area contributed by atoms with Gasteiger partial charge in [0.2, 0.25) is 0 Å². The van der Waals surface area contributed by atoms with Crippen LogP contribution in [0.4, 0.5) is 14.5 Å². The summed E-state index contributed by atoms with van der Waals surface area (Å²) in [6.45, 7) is 2.48. The Kier molecular flexibility index (Phi) is 7.84. The van der Waals surface area contributed by atoms with Crippen molar-refractivity contribution in [2.24, 2.45) is 4.99 Å². The number of carbonyl (C=O) groups excluding carboxylic acids is 1. The number of nitrogens with one attached hydrogen (secondary N) is 1. The molecule has 0 saturated carbocycles. The number of rotatable bonds is 7. The number of benzene rings is 3. The number of nitrogens with zero attached hydrogens (tertiary/aromatic N) is 1. The van der Waals surface area contributed by atoms with Crippen LogP contribution < -0.4 is 14.8 Å². The van der Waals surface area contributed by atoms with E-state index < -0.39 is 0 Å². The van der Waals surface area contributed by atoms with E-state index in [0.717, 1.165) is 9.13 Å². The molecule has 0 unspecified atom stereocenters. The quantitative estimate of drug-likeness (QED) is 0.254. The van der Waals surface area contributed by atoms with E-state index in [4.69, 9.17) is 9.47 Å². The molecule has 1 amide bonds. The van der Waals surface area contributed by atoms with Gasteiger partial charge >= 0.3 is 0 Å². The molecule has 3 aromatic carbocycles. The summed E-state index contributed by atoms with van der Waals surface area (Å²) in [4.78, 5) is 17.3. The first-order chi connectivity index (χ1) is 16.4. The molecule has 0 aromatic heterocycles. The summed E-state index contributed by atoms with van der Waals surface area (Å²) >= 11 is 3.34. The smallest absolute Gasteiger partial charge is 0.264 e. The fourth-order valence-corrected chi connectivity index (χ4v) is 4.74. The molecule has 1 heterocycles. The van der Waals surface area contributed by atoms with E-state index in [0.29, 0.717) is 39.4 Å². The predicted octanol–water partition coefficient (Wildman–Crippen LogP) is 6.44. The van der Waals surface area contributed by atoms with Crippen molar-refractivity contribution in [3.05, 3.63) is 91.9 Å². The van der Waals surface area contributed by atoms with Crippen molar-refractivity contribution in [2.45, 2.75) is 13.5 Å². The first kappa shape index (κ1) is 24.2. The van der Waals surface area contributed by atoms with Gasteiger partial charge in [0.25, 0.3) is 5.91 Å². The molecule has 1 saturated heterocycles. The second-order valence-corrected chi connectivity index (χ2v) is 9.33. The van der Waals surface area contributed by atoms with Gasteiger partial charge in [-0.15, -0.1) is 0 Å². The van der Waals surface area contributed by atoms with Crippen LogP contribution >= 0.6 is 34.4 Å². The molecule has 1 N–H and O–H groups in total. The molecule has 1 fully saturated rings. The van der Waals surface area contributed by atoms with Gasteiger partial charge in [-0.05, 0) is 107 Å². The van der Waals surface area contributed by atoms with Gasteiger partial charge in [-0.1, -0.05) is 12.1 Å². The van der Waals surface area contributed by atoms with Crippen LogP contribution in [0.15, 0.2) is 70.6 Å². The van der Waals surface area contributed by atoms with Crippen LogP contribution in [-0.4, -0.2) is 17.7 Å². The third-order valence-electron chi connectivity index (χ3n) is 4.61. The molecule has 9 heteroatoms. The number of halogens is 3. The van der Waals surface area contributed by atoms with Crippen LogP contribution in [0.5, 0.6) is 11.5 Å². The standard InChI is InChI=1S/C25H19F2IN2O3S/c1-2-32-21-12-16(11-20(28)23(21)33-14-15-4-3-5-18(27)10-15)13-22-24(31)30-25(34-22)29-19-8-6-17(26)7-9-19/h3-13H,2,14H2,1H3,(H,29,30,31)/b22-13+. The lowest BCUT2D eigenvalue weighted by atomic mass is 10.1. The molecular formula is C25H19F2IN2O3S. The molecule has 1 aliphatic rings. The highest BCUT2D eigenvalue weighted by atomic mass is 127. The molecule has 0 radical (unpaired) electrons. The Morgan fingerprint density at radius 2 is 1.85 bits per heavy atom. The van der Waals surface area contributed by atoms with Crippen LogP contribution in [0.3, 0.4) is 0 Å². The number of hydrogen-bond acceptors (Lipinski definition) is 5. The van der Waals surface area contributed by atoms with E-state index in [2.05, 4.69) is 32.9 Å². The lowest BCUT2D eigenvalue weighted by Crippen LogP contribution is -2.19. The number of amides is 1. The Bertz CT molecular complexity index is 1280. The summed E-state index contributed by atoms with van der Waals surface area (Å²) in [5, 5.41) is 3.13. The SMILES string of the molecule is CCOc1cc(/C=C2/SC(=Nc3ccc(F)cc3)NC2=O)cc(I)c1OCc1cccc(F)c1. The summed E-state index contributed by atoms with van der Waals surface area (Å²) in [6, 6.07) is 15.6. The normalized spacial score (nSPS) is 15.6. The van der Waals surface area contributed by atoms with Crippen molar-refractivity contribution in [2.75, 3.05) is 6.61 Å². The van der Waals surface area contributed by atoms with Crippen molar-refractivity contribution in [1.82, 2.24) is 5.32 Å². The summed E-state index contributed by atoms with van der Waals surface area (Å²) in [5.41, 5.74) is 2.00. The number of carbonyl (C=O) groups is 1. The Morgan fingerprint density at radius 1 is 1.06 bits per heavy atom. The maximum Gasteiger partial charge on any atom is 0.264 e. The average molecular weight is 592 g/mol. The fourth-order valence-electron chi connectivity index (χ4n) is 3.12. The molecule has 1 aliphatic heterocycles. The molecular weight excluding hydrogens is 573 g/mol. The fraction of sp³-hybridized carbons (Fsp3) is 0.120. The molecule has 4 rings (SSSR count). The van der Waals surface area contributed by atoms with E-state index in [-0.39, 0.29) is 24.1 Å². The third kappa shape index (κ3) is 6.15. The summed E-state index contributed by atoms with van der Waals surface area (Å²) in [5.74, 6) is 0.135. The highest BCUT2D eigenvalue weighted by molar-refractivity contribution is 14.1. The maximum absolute atomic E-state index is 13.5. The van der Waals surface area contributed by atoms with Gasteiger partial charge in [0.15, 0.2) is 16.7 Å². The first-order valence-electron chi connectivity index (χ1n) is 10.3. The summed E-state index contributed by atoms with van der Waals surface area (Å²) in [6.07, 6.45) is 1.74. The highest BCUT2D eigenvalue weighted by Gasteiger charge is 2.24. The molecule has 0 spiro atoms. The summed E-state index contributed by atoms with van der Waals surface area (Å²) < 4.78 is 39.1. The topological polar surface area (TPSA) is 59.9 Å². The zero-order valence-electron chi connectivity index (χ0n) is 18.0. The minimum Gasteiger partial charge on any atom is -0.490 e. The van der Waals surface area contributed by atoms with Crippen molar-refractivity contribution < 1.29 is 23.0 Å². The number of aliphatic imine (C=N–C) groups is 1. The Labute approximate surface area is 213 Å². The van der Waals surface area contributed by atoms with Crippen LogP contribution in [0.1, 0.15) is 18.1 Å². The second kappa shape index (κ2) is 11.0. The summed E-state index contributed by atoms with van der Waals surface area (Å²) in [7, 11) is 0. The van der Waals surface area contributed by atoms with E-state index in [9.17, 15) is 13.6 Å².